The summed E-state index contributed by atoms with van der Waals surface area (Å²) in [7, 11) is -2.78. The van der Waals surface area contributed by atoms with Gasteiger partial charge < -0.3 is 4.74 Å². The number of carbonyl (C=O) groups is 1. The Kier molecular flexibility index (Phi) is 6.81. The molecule has 0 fully saturated rings. The highest BCUT2D eigenvalue weighted by Crippen LogP contribution is 2.23. The van der Waals surface area contributed by atoms with E-state index in [0.29, 0.717) is 16.3 Å². The minimum Gasteiger partial charge on any atom is -0.465 e. The number of carbonyl (C=O) groups excluding carboxylic acids is 1. The van der Waals surface area contributed by atoms with Crippen molar-refractivity contribution >= 4 is 27.6 Å². The molecule has 0 saturated heterocycles. The predicted octanol–water partition coefficient (Wildman–Crippen LogP) is 4.05. The Hall–Kier alpha value is -2.81. The molecule has 6 nitrogen and oxygen atoms in total. The molecule has 0 spiro atoms. The van der Waals surface area contributed by atoms with Gasteiger partial charge in [0, 0.05) is 17.8 Å². The van der Waals surface area contributed by atoms with Gasteiger partial charge in [-0.05, 0) is 54.1 Å². The van der Waals surface area contributed by atoms with Gasteiger partial charge in [0.15, 0.2) is 0 Å². The van der Waals surface area contributed by atoms with Gasteiger partial charge in [0.25, 0.3) is 0 Å². The second-order valence-corrected chi connectivity index (χ2v) is 8.73. The Labute approximate surface area is 178 Å². The first-order chi connectivity index (χ1) is 14.3. The lowest BCUT2D eigenvalue weighted by atomic mass is 10.1. The minimum atomic E-state index is -3.94. The molecule has 0 radical (unpaired) electrons. The molecule has 0 atom stereocenters. The summed E-state index contributed by atoms with van der Waals surface area (Å²) in [5.41, 5.74) is 0.674. The third kappa shape index (κ3) is 5.02. The lowest BCUT2D eigenvalue weighted by molar-refractivity contribution is 0.0595. The monoisotopic (exact) mass is 448 g/mol. The van der Waals surface area contributed by atoms with Crippen LogP contribution in [0.1, 0.15) is 21.6 Å². The van der Waals surface area contributed by atoms with Gasteiger partial charge in [-0.3, -0.25) is 4.98 Å². The van der Waals surface area contributed by atoms with Crippen LogP contribution >= 0.6 is 11.6 Å². The van der Waals surface area contributed by atoms with E-state index in [0.717, 1.165) is 13.2 Å². The van der Waals surface area contributed by atoms with Crippen LogP contribution in [0.4, 0.5) is 4.39 Å². The van der Waals surface area contributed by atoms with E-state index in [1.165, 1.54) is 40.7 Å². The number of pyridine rings is 1. The number of aromatic nitrogens is 1. The molecule has 1 aromatic heterocycles. The van der Waals surface area contributed by atoms with Crippen LogP contribution in [0.25, 0.3) is 0 Å². The van der Waals surface area contributed by atoms with E-state index in [1.54, 1.807) is 24.4 Å². The number of benzene rings is 2. The van der Waals surface area contributed by atoms with Crippen LogP contribution in [-0.2, 0) is 27.8 Å². The fourth-order valence-electron chi connectivity index (χ4n) is 2.79. The number of sulfonamides is 1. The van der Waals surface area contributed by atoms with E-state index < -0.39 is 21.8 Å². The van der Waals surface area contributed by atoms with Crippen molar-refractivity contribution in [3.8, 4) is 0 Å². The maximum absolute atomic E-state index is 14.3. The molecular formula is C21H18ClFN2O4S. The Morgan fingerprint density at radius 3 is 2.43 bits per heavy atom. The third-order valence-corrected chi connectivity index (χ3v) is 6.37. The molecule has 3 aromatic rings. The molecule has 1 heterocycles. The average Bonchev–Trinajstić information content (AvgIpc) is 2.74. The highest BCUT2D eigenvalue weighted by atomic mass is 35.5. The summed E-state index contributed by atoms with van der Waals surface area (Å²) in [6.07, 6.45) is 1.56. The molecule has 30 heavy (non-hydrogen) atoms. The zero-order valence-electron chi connectivity index (χ0n) is 16.0. The fraction of sp³-hybridized carbons (Fsp3) is 0.143. The van der Waals surface area contributed by atoms with Crippen LogP contribution in [-0.4, -0.2) is 30.8 Å². The summed E-state index contributed by atoms with van der Waals surface area (Å²) in [5.74, 6) is -1.60. The van der Waals surface area contributed by atoms with Gasteiger partial charge in [0.2, 0.25) is 10.0 Å². The highest BCUT2D eigenvalue weighted by Gasteiger charge is 2.26. The Bertz CT molecular complexity index is 1140. The van der Waals surface area contributed by atoms with Crippen LogP contribution in [0.3, 0.4) is 0 Å². The molecule has 0 amide bonds. The van der Waals surface area contributed by atoms with Gasteiger partial charge >= 0.3 is 5.97 Å². The Morgan fingerprint density at radius 2 is 1.83 bits per heavy atom. The summed E-state index contributed by atoms with van der Waals surface area (Å²) in [5, 5.41) is 0.408. The molecule has 0 bridgehead atoms. The summed E-state index contributed by atoms with van der Waals surface area (Å²) in [6, 6.07) is 14.8. The Balaban J connectivity index is 1.96. The van der Waals surface area contributed by atoms with Gasteiger partial charge in [-0.15, -0.1) is 0 Å². The summed E-state index contributed by atoms with van der Waals surface area (Å²) < 4.78 is 46.5. The van der Waals surface area contributed by atoms with E-state index in [-0.39, 0.29) is 23.5 Å². The minimum absolute atomic E-state index is 0.0217. The number of nitrogens with zero attached hydrogens (tertiary/aromatic N) is 2. The maximum Gasteiger partial charge on any atom is 0.340 e. The molecule has 0 aliphatic carbocycles. The molecule has 0 aliphatic rings. The van der Waals surface area contributed by atoms with Crippen molar-refractivity contribution in [3.05, 3.63) is 94.5 Å². The zero-order valence-corrected chi connectivity index (χ0v) is 17.5. The standard InChI is InChI=1S/C21H18ClFN2O4S/c1-29-21(26)19-10-5-15(12-20(19)23)13-25(14-17-4-2-3-11-24-17)30(27,28)18-8-6-16(22)7-9-18/h2-12H,13-14H2,1H3. The van der Waals surface area contributed by atoms with Gasteiger partial charge in [0.1, 0.15) is 5.82 Å². The predicted molar refractivity (Wildman–Crippen MR) is 110 cm³/mol. The molecule has 0 N–H and O–H groups in total. The molecule has 0 saturated carbocycles. The first-order valence-corrected chi connectivity index (χ1v) is 10.7. The van der Waals surface area contributed by atoms with Crippen LogP contribution in [0.15, 0.2) is 71.8 Å². The van der Waals surface area contributed by atoms with E-state index in [2.05, 4.69) is 9.72 Å². The van der Waals surface area contributed by atoms with E-state index in [9.17, 15) is 17.6 Å². The SMILES string of the molecule is COC(=O)c1ccc(CN(Cc2ccccn2)S(=O)(=O)c2ccc(Cl)cc2)cc1F. The molecular weight excluding hydrogens is 431 g/mol. The lowest BCUT2D eigenvalue weighted by Gasteiger charge is -2.22. The summed E-state index contributed by atoms with van der Waals surface area (Å²) in [4.78, 5) is 15.8. The third-order valence-electron chi connectivity index (χ3n) is 4.31. The normalized spacial score (nSPS) is 11.5. The number of rotatable bonds is 7. The van der Waals surface area contributed by atoms with Gasteiger partial charge in [-0.25, -0.2) is 17.6 Å². The summed E-state index contributed by atoms with van der Waals surface area (Å²) in [6.45, 7) is -0.147. The van der Waals surface area contributed by atoms with Crippen molar-refractivity contribution in [1.29, 1.82) is 0 Å². The maximum atomic E-state index is 14.3. The zero-order chi connectivity index (χ0) is 21.7. The van der Waals surface area contributed by atoms with Gasteiger partial charge in [-0.2, -0.15) is 4.31 Å². The van der Waals surface area contributed by atoms with Crippen LogP contribution in [0, 0.1) is 5.82 Å². The van der Waals surface area contributed by atoms with Crippen molar-refractivity contribution in [2.24, 2.45) is 0 Å². The van der Waals surface area contributed by atoms with Crippen LogP contribution in [0.5, 0.6) is 0 Å². The fourth-order valence-corrected chi connectivity index (χ4v) is 4.32. The van der Waals surface area contributed by atoms with Crippen molar-refractivity contribution < 1.29 is 22.3 Å². The molecule has 2 aromatic carbocycles. The average molecular weight is 449 g/mol. The molecule has 0 unspecified atom stereocenters. The van der Waals surface area contributed by atoms with Gasteiger partial charge in [0.05, 0.1) is 29.8 Å². The first kappa shape index (κ1) is 21.9. The van der Waals surface area contributed by atoms with Gasteiger partial charge in [-0.1, -0.05) is 23.7 Å². The second-order valence-electron chi connectivity index (χ2n) is 6.35. The van der Waals surface area contributed by atoms with E-state index in [4.69, 9.17) is 11.6 Å². The van der Waals surface area contributed by atoms with E-state index >= 15 is 0 Å². The second kappa shape index (κ2) is 9.34. The first-order valence-electron chi connectivity index (χ1n) is 8.83. The lowest BCUT2D eigenvalue weighted by Crippen LogP contribution is -2.30. The van der Waals surface area contributed by atoms with Crippen molar-refractivity contribution in [2.75, 3.05) is 7.11 Å². The number of hydrogen-bond acceptors (Lipinski definition) is 5. The van der Waals surface area contributed by atoms with Crippen LogP contribution in [0.2, 0.25) is 5.02 Å². The molecule has 3 rings (SSSR count). The largest absolute Gasteiger partial charge is 0.465 e. The van der Waals surface area contributed by atoms with Crippen molar-refractivity contribution in [3.63, 3.8) is 0 Å². The van der Waals surface area contributed by atoms with Crippen LogP contribution < -0.4 is 0 Å². The number of esters is 1. The molecule has 0 aliphatic heterocycles. The molecule has 9 heteroatoms. The summed E-state index contributed by atoms with van der Waals surface area (Å²) >= 11 is 5.87. The highest BCUT2D eigenvalue weighted by molar-refractivity contribution is 7.89. The topological polar surface area (TPSA) is 76.6 Å². The van der Waals surface area contributed by atoms with Crippen molar-refractivity contribution in [2.45, 2.75) is 18.0 Å². The van der Waals surface area contributed by atoms with Crippen molar-refractivity contribution in [1.82, 2.24) is 9.29 Å². The quantitative estimate of drug-likeness (QED) is 0.509. The Morgan fingerprint density at radius 1 is 1.10 bits per heavy atom. The van der Waals surface area contributed by atoms with E-state index in [1.807, 2.05) is 0 Å². The number of halogens is 2. The molecule has 156 valence electrons. The number of methoxy groups -OCH3 is 1. The number of ether oxygens (including phenoxy) is 1. The number of hydrogen-bond donors (Lipinski definition) is 0. The smallest absolute Gasteiger partial charge is 0.340 e.